The molecule has 0 aromatic carbocycles. The van der Waals surface area contributed by atoms with Gasteiger partial charge in [0, 0.05) is 19.3 Å². The van der Waals surface area contributed by atoms with Gasteiger partial charge in [-0.1, -0.05) is 0 Å². The minimum Gasteiger partial charge on any atom is -0.381 e. The molecule has 1 aliphatic heterocycles. The van der Waals surface area contributed by atoms with E-state index in [0.717, 1.165) is 13.2 Å². The molecule has 1 spiro atoms. The average molecular weight is 127 g/mol. The Morgan fingerprint density at radius 2 is 1.89 bits per heavy atom. The van der Waals surface area contributed by atoms with Crippen molar-refractivity contribution in [2.24, 2.45) is 11.1 Å². The van der Waals surface area contributed by atoms with Crippen LogP contribution < -0.4 is 5.73 Å². The van der Waals surface area contributed by atoms with E-state index in [1.165, 1.54) is 19.3 Å². The Morgan fingerprint density at radius 3 is 2.22 bits per heavy atom. The number of rotatable bonds is 0. The predicted molar refractivity (Wildman–Crippen MR) is 35.1 cm³/mol. The molecule has 0 aromatic rings. The molecule has 0 bridgehead atoms. The first-order chi connectivity index (χ1) is 4.33. The lowest BCUT2D eigenvalue weighted by Crippen LogP contribution is -2.23. The van der Waals surface area contributed by atoms with E-state index < -0.39 is 0 Å². The van der Waals surface area contributed by atoms with Gasteiger partial charge in [-0.05, 0) is 24.7 Å². The summed E-state index contributed by atoms with van der Waals surface area (Å²) in [6.45, 7) is 1.88. The zero-order valence-corrected chi connectivity index (χ0v) is 5.60. The summed E-state index contributed by atoms with van der Waals surface area (Å²) in [5, 5.41) is 0. The van der Waals surface area contributed by atoms with Crippen molar-refractivity contribution in [3.8, 4) is 0 Å². The van der Waals surface area contributed by atoms with Gasteiger partial charge >= 0.3 is 0 Å². The van der Waals surface area contributed by atoms with Crippen molar-refractivity contribution >= 4 is 0 Å². The molecular weight excluding hydrogens is 114 g/mol. The van der Waals surface area contributed by atoms with Crippen molar-refractivity contribution in [2.45, 2.75) is 25.3 Å². The Kier molecular flexibility index (Phi) is 1.08. The summed E-state index contributed by atoms with van der Waals surface area (Å²) in [5.74, 6) is 0. The van der Waals surface area contributed by atoms with Crippen LogP contribution in [0, 0.1) is 5.41 Å². The quantitative estimate of drug-likeness (QED) is 0.514. The van der Waals surface area contributed by atoms with Crippen LogP contribution in [0.3, 0.4) is 0 Å². The molecule has 2 heteroatoms. The smallest absolute Gasteiger partial charge is 0.0471 e. The van der Waals surface area contributed by atoms with Gasteiger partial charge in [-0.2, -0.15) is 0 Å². The zero-order valence-electron chi connectivity index (χ0n) is 5.60. The van der Waals surface area contributed by atoms with Gasteiger partial charge in [-0.25, -0.2) is 0 Å². The molecule has 2 rings (SSSR count). The van der Waals surface area contributed by atoms with E-state index in [4.69, 9.17) is 10.5 Å². The van der Waals surface area contributed by atoms with Crippen molar-refractivity contribution in [1.82, 2.24) is 0 Å². The standard InChI is InChI=1S/C7H13NO/c8-6-5-7(6)1-3-9-4-2-7/h6H,1-5,8H2. The normalized spacial score (nSPS) is 39.0. The molecule has 0 radical (unpaired) electrons. The predicted octanol–water partition coefficient (Wildman–Crippen LogP) is 0.514. The summed E-state index contributed by atoms with van der Waals surface area (Å²) in [6.07, 6.45) is 3.65. The summed E-state index contributed by atoms with van der Waals surface area (Å²) in [4.78, 5) is 0. The summed E-state index contributed by atoms with van der Waals surface area (Å²) < 4.78 is 5.24. The van der Waals surface area contributed by atoms with Crippen LogP contribution in [0.2, 0.25) is 0 Å². The maximum Gasteiger partial charge on any atom is 0.0471 e. The molecule has 2 aliphatic rings. The maximum atomic E-state index is 5.78. The van der Waals surface area contributed by atoms with Gasteiger partial charge < -0.3 is 10.5 Å². The Labute approximate surface area is 55.4 Å². The lowest BCUT2D eigenvalue weighted by Gasteiger charge is -2.21. The van der Waals surface area contributed by atoms with Crippen LogP contribution in [-0.4, -0.2) is 19.3 Å². The highest BCUT2D eigenvalue weighted by molar-refractivity contribution is 5.06. The van der Waals surface area contributed by atoms with Crippen LogP contribution in [0.5, 0.6) is 0 Å². The first-order valence-corrected chi connectivity index (χ1v) is 3.67. The Bertz CT molecular complexity index is 118. The highest BCUT2D eigenvalue weighted by Gasteiger charge is 2.51. The molecule has 9 heavy (non-hydrogen) atoms. The van der Waals surface area contributed by atoms with Gasteiger partial charge in [-0.15, -0.1) is 0 Å². The van der Waals surface area contributed by atoms with Crippen molar-refractivity contribution in [1.29, 1.82) is 0 Å². The van der Waals surface area contributed by atoms with Crippen molar-refractivity contribution < 1.29 is 4.74 Å². The molecule has 1 saturated heterocycles. The van der Waals surface area contributed by atoms with E-state index in [1.807, 2.05) is 0 Å². The van der Waals surface area contributed by atoms with E-state index >= 15 is 0 Å². The SMILES string of the molecule is NC1CC12CCOCC2. The Morgan fingerprint density at radius 1 is 1.33 bits per heavy atom. The molecule has 0 aromatic heterocycles. The molecule has 0 amide bonds. The largest absolute Gasteiger partial charge is 0.381 e. The molecule has 52 valence electrons. The second-order valence-electron chi connectivity index (χ2n) is 3.29. The van der Waals surface area contributed by atoms with Gasteiger partial charge in [-0.3, -0.25) is 0 Å². The van der Waals surface area contributed by atoms with Gasteiger partial charge in [0.05, 0.1) is 0 Å². The molecule has 2 N–H and O–H groups in total. The minimum absolute atomic E-state index is 0.501. The molecular formula is C7H13NO. The summed E-state index contributed by atoms with van der Waals surface area (Å²) in [6, 6.07) is 0.501. The lowest BCUT2D eigenvalue weighted by atomic mass is 9.96. The van der Waals surface area contributed by atoms with Crippen LogP contribution in [-0.2, 0) is 4.74 Å². The summed E-state index contributed by atoms with van der Waals surface area (Å²) in [7, 11) is 0. The third-order valence-corrected chi connectivity index (χ3v) is 2.74. The lowest BCUT2D eigenvalue weighted by molar-refractivity contribution is 0.0559. The molecule has 1 heterocycles. The van der Waals surface area contributed by atoms with Gasteiger partial charge in [0.1, 0.15) is 0 Å². The molecule has 2 nitrogen and oxygen atoms in total. The number of hydrogen-bond donors (Lipinski definition) is 1. The summed E-state index contributed by atoms with van der Waals surface area (Å²) in [5.41, 5.74) is 6.32. The Hall–Kier alpha value is -0.0800. The van der Waals surface area contributed by atoms with E-state index in [-0.39, 0.29) is 0 Å². The first kappa shape index (κ1) is 5.69. The van der Waals surface area contributed by atoms with Gasteiger partial charge in [0.15, 0.2) is 0 Å². The average Bonchev–Trinajstić information content (AvgIpc) is 2.44. The third-order valence-electron chi connectivity index (χ3n) is 2.74. The molecule has 1 unspecified atom stereocenters. The second-order valence-corrected chi connectivity index (χ2v) is 3.29. The van der Waals surface area contributed by atoms with E-state index in [0.29, 0.717) is 11.5 Å². The fraction of sp³-hybridized carbons (Fsp3) is 1.00. The van der Waals surface area contributed by atoms with Crippen LogP contribution in [0.1, 0.15) is 19.3 Å². The molecule has 2 fully saturated rings. The van der Waals surface area contributed by atoms with E-state index in [2.05, 4.69) is 0 Å². The highest BCUT2D eigenvalue weighted by atomic mass is 16.5. The highest BCUT2D eigenvalue weighted by Crippen LogP contribution is 2.51. The van der Waals surface area contributed by atoms with Crippen LogP contribution in [0.25, 0.3) is 0 Å². The number of ether oxygens (including phenoxy) is 1. The van der Waals surface area contributed by atoms with Crippen LogP contribution in [0.4, 0.5) is 0 Å². The fourth-order valence-electron chi connectivity index (χ4n) is 1.73. The minimum atomic E-state index is 0.501. The maximum absolute atomic E-state index is 5.78. The molecule has 1 saturated carbocycles. The van der Waals surface area contributed by atoms with Gasteiger partial charge in [0.2, 0.25) is 0 Å². The summed E-state index contributed by atoms with van der Waals surface area (Å²) >= 11 is 0. The van der Waals surface area contributed by atoms with Crippen LogP contribution in [0.15, 0.2) is 0 Å². The topological polar surface area (TPSA) is 35.2 Å². The second kappa shape index (κ2) is 1.70. The first-order valence-electron chi connectivity index (χ1n) is 3.67. The Balaban J connectivity index is 1.97. The van der Waals surface area contributed by atoms with E-state index in [9.17, 15) is 0 Å². The monoisotopic (exact) mass is 127 g/mol. The third kappa shape index (κ3) is 0.775. The fourth-order valence-corrected chi connectivity index (χ4v) is 1.73. The molecule has 1 aliphatic carbocycles. The van der Waals surface area contributed by atoms with Crippen molar-refractivity contribution in [3.63, 3.8) is 0 Å². The van der Waals surface area contributed by atoms with Crippen molar-refractivity contribution in [2.75, 3.05) is 13.2 Å². The number of nitrogens with two attached hydrogens (primary N) is 1. The molecule has 1 atom stereocenters. The van der Waals surface area contributed by atoms with E-state index in [1.54, 1.807) is 0 Å². The zero-order chi connectivity index (χ0) is 6.32. The number of hydrogen-bond acceptors (Lipinski definition) is 2. The van der Waals surface area contributed by atoms with Crippen molar-refractivity contribution in [3.05, 3.63) is 0 Å². The van der Waals surface area contributed by atoms with Crippen LogP contribution >= 0.6 is 0 Å². The van der Waals surface area contributed by atoms with Gasteiger partial charge in [0.25, 0.3) is 0 Å².